The van der Waals surface area contributed by atoms with Crippen molar-refractivity contribution in [2.24, 2.45) is 7.05 Å². The van der Waals surface area contributed by atoms with Crippen LogP contribution >= 0.6 is 0 Å². The molecule has 0 radical (unpaired) electrons. The van der Waals surface area contributed by atoms with Crippen LogP contribution < -0.4 is 21.0 Å². The van der Waals surface area contributed by atoms with Gasteiger partial charge in [0.15, 0.2) is 0 Å². The Labute approximate surface area is 184 Å². The van der Waals surface area contributed by atoms with Crippen molar-refractivity contribution in [1.29, 1.82) is 0 Å². The van der Waals surface area contributed by atoms with Gasteiger partial charge in [-0.2, -0.15) is 10.1 Å². The predicted octanol–water partition coefficient (Wildman–Crippen LogP) is 3.10. The first-order chi connectivity index (χ1) is 15.4. The summed E-state index contributed by atoms with van der Waals surface area (Å²) in [6.45, 7) is 2.03. The SMILES string of the molecule is Cc1c2ccc(N(C)c3ccnc(Nc4ccc(NCC(=O)NO)cc4)n3)cc2nn1C. The number of aryl methyl sites for hydroxylation is 2. The van der Waals surface area contributed by atoms with Crippen LogP contribution in [0.3, 0.4) is 0 Å². The van der Waals surface area contributed by atoms with Gasteiger partial charge in [0.25, 0.3) is 5.91 Å². The second-order valence-electron chi connectivity index (χ2n) is 7.30. The lowest BCUT2D eigenvalue weighted by Gasteiger charge is -2.19. The average Bonchev–Trinajstić information content (AvgIpc) is 3.10. The number of rotatable bonds is 7. The molecule has 4 N–H and O–H groups in total. The van der Waals surface area contributed by atoms with Crippen molar-refractivity contribution in [1.82, 2.24) is 25.2 Å². The van der Waals surface area contributed by atoms with Gasteiger partial charge in [-0.15, -0.1) is 0 Å². The molecule has 10 heteroatoms. The number of carbonyl (C=O) groups excluding carboxylic acids is 1. The summed E-state index contributed by atoms with van der Waals surface area (Å²) in [7, 11) is 3.89. The molecule has 0 atom stereocenters. The fourth-order valence-electron chi connectivity index (χ4n) is 3.28. The van der Waals surface area contributed by atoms with Gasteiger partial charge < -0.3 is 15.5 Å². The molecule has 32 heavy (non-hydrogen) atoms. The van der Waals surface area contributed by atoms with Crippen LogP contribution in [0.1, 0.15) is 5.69 Å². The number of carbonyl (C=O) groups is 1. The Bertz CT molecular complexity index is 1250. The van der Waals surface area contributed by atoms with Crippen molar-refractivity contribution in [3.05, 3.63) is 60.4 Å². The standard InChI is InChI=1S/C22H24N8O2/c1-14-18-9-8-17(12-19(18)27-30(14)3)29(2)20-10-11-23-22(26-20)25-16-6-4-15(5-7-16)24-13-21(31)28-32/h4-12,24,32H,13H2,1-3H3,(H,28,31)(H,23,25,26). The van der Waals surface area contributed by atoms with Gasteiger partial charge in [0.1, 0.15) is 5.82 Å². The third kappa shape index (κ3) is 4.44. The van der Waals surface area contributed by atoms with E-state index in [1.165, 1.54) is 0 Å². The summed E-state index contributed by atoms with van der Waals surface area (Å²) >= 11 is 0. The Kier molecular flexibility index (Phi) is 5.86. The maximum Gasteiger partial charge on any atom is 0.262 e. The topological polar surface area (TPSA) is 120 Å². The fraction of sp³-hybridized carbons (Fsp3) is 0.182. The Morgan fingerprint density at radius 2 is 1.88 bits per heavy atom. The average molecular weight is 432 g/mol. The van der Waals surface area contributed by atoms with Crippen molar-refractivity contribution in [3.8, 4) is 0 Å². The molecule has 4 rings (SSSR count). The second-order valence-corrected chi connectivity index (χ2v) is 7.30. The maximum absolute atomic E-state index is 11.1. The summed E-state index contributed by atoms with van der Waals surface area (Å²) in [6, 6.07) is 15.3. The van der Waals surface area contributed by atoms with Crippen LogP contribution in [0.15, 0.2) is 54.7 Å². The van der Waals surface area contributed by atoms with E-state index in [0.717, 1.165) is 39.5 Å². The van der Waals surface area contributed by atoms with E-state index in [2.05, 4.69) is 44.8 Å². The normalized spacial score (nSPS) is 10.8. The van der Waals surface area contributed by atoms with Gasteiger partial charge >= 0.3 is 0 Å². The summed E-state index contributed by atoms with van der Waals surface area (Å²) in [5, 5.41) is 20.3. The number of benzene rings is 2. The molecule has 2 heterocycles. The first kappa shape index (κ1) is 21.1. The minimum absolute atomic E-state index is 0.0232. The lowest BCUT2D eigenvalue weighted by atomic mass is 10.2. The van der Waals surface area contributed by atoms with E-state index in [9.17, 15) is 4.79 Å². The van der Waals surface area contributed by atoms with Crippen molar-refractivity contribution >= 4 is 45.6 Å². The molecule has 0 aliphatic rings. The summed E-state index contributed by atoms with van der Waals surface area (Å²) in [5.41, 5.74) is 6.16. The number of hydrogen-bond donors (Lipinski definition) is 4. The summed E-state index contributed by atoms with van der Waals surface area (Å²) in [6.07, 6.45) is 1.70. The number of nitrogens with one attached hydrogen (secondary N) is 3. The molecule has 0 bridgehead atoms. The van der Waals surface area contributed by atoms with Crippen molar-refractivity contribution in [3.63, 3.8) is 0 Å². The molecule has 2 aromatic heterocycles. The molecule has 0 unspecified atom stereocenters. The third-order valence-corrected chi connectivity index (χ3v) is 5.20. The minimum Gasteiger partial charge on any atom is -0.376 e. The van der Waals surface area contributed by atoms with Crippen molar-refractivity contribution in [2.45, 2.75) is 6.92 Å². The van der Waals surface area contributed by atoms with Crippen LogP contribution in [-0.2, 0) is 11.8 Å². The molecule has 0 aliphatic heterocycles. The lowest BCUT2D eigenvalue weighted by molar-refractivity contribution is -0.127. The predicted molar refractivity (Wildman–Crippen MR) is 124 cm³/mol. The highest BCUT2D eigenvalue weighted by atomic mass is 16.5. The number of hydrogen-bond acceptors (Lipinski definition) is 8. The van der Waals surface area contributed by atoms with Crippen LogP contribution in [0.4, 0.5) is 28.8 Å². The molecule has 0 spiro atoms. The monoisotopic (exact) mass is 432 g/mol. The number of aromatic nitrogens is 4. The van der Waals surface area contributed by atoms with E-state index >= 15 is 0 Å². The highest BCUT2D eigenvalue weighted by molar-refractivity contribution is 5.85. The zero-order valence-corrected chi connectivity index (χ0v) is 18.0. The largest absolute Gasteiger partial charge is 0.376 e. The van der Waals surface area contributed by atoms with Crippen LogP contribution in [0.25, 0.3) is 10.9 Å². The summed E-state index contributed by atoms with van der Waals surface area (Å²) < 4.78 is 1.88. The van der Waals surface area contributed by atoms with E-state index in [0.29, 0.717) is 5.95 Å². The Balaban J connectivity index is 1.48. The second kappa shape index (κ2) is 8.90. The van der Waals surface area contributed by atoms with Gasteiger partial charge in [0.05, 0.1) is 12.1 Å². The van der Waals surface area contributed by atoms with Gasteiger partial charge in [-0.3, -0.25) is 14.7 Å². The molecule has 0 fully saturated rings. The number of anilines is 5. The van der Waals surface area contributed by atoms with Gasteiger partial charge in [0.2, 0.25) is 5.95 Å². The first-order valence-corrected chi connectivity index (χ1v) is 9.98. The lowest BCUT2D eigenvalue weighted by Crippen LogP contribution is -2.26. The van der Waals surface area contributed by atoms with Crippen molar-refractivity contribution in [2.75, 3.05) is 29.1 Å². The fourth-order valence-corrected chi connectivity index (χ4v) is 3.28. The van der Waals surface area contributed by atoms with Gasteiger partial charge in [-0.25, -0.2) is 10.5 Å². The molecule has 164 valence electrons. The van der Waals surface area contributed by atoms with Crippen LogP contribution in [0, 0.1) is 6.92 Å². The van der Waals surface area contributed by atoms with Crippen LogP contribution in [-0.4, -0.2) is 44.5 Å². The van der Waals surface area contributed by atoms with E-state index in [1.54, 1.807) is 11.7 Å². The molecular formula is C22H24N8O2. The first-order valence-electron chi connectivity index (χ1n) is 9.98. The van der Waals surface area contributed by atoms with E-state index < -0.39 is 5.91 Å². The van der Waals surface area contributed by atoms with E-state index in [4.69, 9.17) is 5.21 Å². The van der Waals surface area contributed by atoms with Crippen LogP contribution in [0.5, 0.6) is 0 Å². The Hall–Kier alpha value is -4.18. The maximum atomic E-state index is 11.1. The third-order valence-electron chi connectivity index (χ3n) is 5.20. The van der Waals surface area contributed by atoms with Gasteiger partial charge in [-0.05, 0) is 55.5 Å². The highest BCUT2D eigenvalue weighted by Gasteiger charge is 2.11. The number of hydroxylamine groups is 1. The number of amides is 1. The van der Waals surface area contributed by atoms with E-state index in [1.807, 2.05) is 60.1 Å². The molecule has 0 saturated heterocycles. The Morgan fingerprint density at radius 3 is 2.62 bits per heavy atom. The smallest absolute Gasteiger partial charge is 0.262 e. The molecule has 0 aliphatic carbocycles. The highest BCUT2D eigenvalue weighted by Crippen LogP contribution is 2.27. The summed E-state index contributed by atoms with van der Waals surface area (Å²) in [5.74, 6) is 0.686. The van der Waals surface area contributed by atoms with Crippen molar-refractivity contribution < 1.29 is 10.0 Å². The molecular weight excluding hydrogens is 408 g/mol. The van der Waals surface area contributed by atoms with Gasteiger partial charge in [-0.1, -0.05) is 0 Å². The quantitative estimate of drug-likeness (QED) is 0.260. The molecule has 4 aromatic rings. The zero-order chi connectivity index (χ0) is 22.7. The van der Waals surface area contributed by atoms with Crippen LogP contribution in [0.2, 0.25) is 0 Å². The molecule has 1 amide bonds. The van der Waals surface area contributed by atoms with Gasteiger partial charge in [0, 0.05) is 48.4 Å². The molecule has 10 nitrogen and oxygen atoms in total. The summed E-state index contributed by atoms with van der Waals surface area (Å²) in [4.78, 5) is 22.0. The number of nitrogens with zero attached hydrogens (tertiary/aromatic N) is 5. The molecule has 0 saturated carbocycles. The zero-order valence-electron chi connectivity index (χ0n) is 18.0. The van der Waals surface area contributed by atoms with E-state index in [-0.39, 0.29) is 6.54 Å². The number of fused-ring (bicyclic) bond motifs is 1. The minimum atomic E-state index is -0.515. The Morgan fingerprint density at radius 1 is 1.12 bits per heavy atom. The molecule has 2 aromatic carbocycles.